The summed E-state index contributed by atoms with van der Waals surface area (Å²) in [4.78, 5) is 34.8. The predicted octanol–water partition coefficient (Wildman–Crippen LogP) is -1.26. The van der Waals surface area contributed by atoms with E-state index >= 15 is 0 Å². The average molecular weight is 388 g/mol. The van der Waals surface area contributed by atoms with E-state index in [1.807, 2.05) is 0 Å². The second-order valence-corrected chi connectivity index (χ2v) is 5.39. The van der Waals surface area contributed by atoms with E-state index in [1.54, 1.807) is 0 Å². The zero-order valence-corrected chi connectivity index (χ0v) is 15.6. The van der Waals surface area contributed by atoms with Crippen molar-refractivity contribution in [2.24, 2.45) is 0 Å². The summed E-state index contributed by atoms with van der Waals surface area (Å²) < 4.78 is 25.9. The van der Waals surface area contributed by atoms with Crippen LogP contribution in [-0.2, 0) is 38.1 Å². The Morgan fingerprint density at radius 2 is 1.33 bits per heavy atom. The minimum absolute atomic E-state index is 0.0451. The summed E-state index contributed by atoms with van der Waals surface area (Å²) in [7, 11) is 1.46. The lowest BCUT2D eigenvalue weighted by Gasteiger charge is -2.13. The van der Waals surface area contributed by atoms with Crippen LogP contribution in [0.1, 0.15) is 0 Å². The summed E-state index contributed by atoms with van der Waals surface area (Å²) in [6.07, 6.45) is 2.49. The van der Waals surface area contributed by atoms with E-state index in [0.29, 0.717) is 52.8 Å². The third kappa shape index (κ3) is 11.5. The number of nitrogens with one attached hydrogen (secondary N) is 1. The second-order valence-electron chi connectivity index (χ2n) is 5.39. The van der Waals surface area contributed by atoms with Crippen LogP contribution in [-0.4, -0.2) is 102 Å². The third-order valence-electron chi connectivity index (χ3n) is 3.32. The molecule has 0 radical (unpaired) electrons. The molecule has 1 rings (SSSR count). The number of ether oxygens (including phenoxy) is 5. The fourth-order valence-corrected chi connectivity index (χ4v) is 2.01. The smallest absolute Gasteiger partial charge is 0.253 e. The van der Waals surface area contributed by atoms with Crippen molar-refractivity contribution in [1.82, 2.24) is 10.2 Å². The van der Waals surface area contributed by atoms with E-state index in [9.17, 15) is 14.4 Å². The van der Waals surface area contributed by atoms with Gasteiger partial charge >= 0.3 is 0 Å². The summed E-state index contributed by atoms with van der Waals surface area (Å²) in [5.41, 5.74) is 0. The first-order valence-corrected chi connectivity index (χ1v) is 8.75. The Hall–Kier alpha value is -1.85. The number of nitrogens with zero attached hydrogens (tertiary/aromatic N) is 1. The van der Waals surface area contributed by atoms with E-state index in [-0.39, 0.29) is 37.5 Å². The molecule has 0 saturated carbocycles. The molecule has 1 aliphatic heterocycles. The van der Waals surface area contributed by atoms with Crippen LogP contribution in [0.2, 0.25) is 0 Å². The molecule has 0 atom stereocenters. The molecule has 0 aliphatic carbocycles. The minimum atomic E-state index is -0.308. The van der Waals surface area contributed by atoms with Crippen LogP contribution in [0, 0.1) is 0 Å². The van der Waals surface area contributed by atoms with E-state index < -0.39 is 0 Å². The quantitative estimate of drug-likeness (QED) is 0.243. The molecule has 0 aromatic heterocycles. The molecule has 10 nitrogen and oxygen atoms in total. The first-order chi connectivity index (χ1) is 13.1. The molecule has 154 valence electrons. The number of methoxy groups -OCH3 is 1. The number of carbonyl (C=O) groups excluding carboxylic acids is 3. The summed E-state index contributed by atoms with van der Waals surface area (Å²) in [5.74, 6) is -0.790. The monoisotopic (exact) mass is 388 g/mol. The van der Waals surface area contributed by atoms with Crippen molar-refractivity contribution in [3.63, 3.8) is 0 Å². The van der Waals surface area contributed by atoms with E-state index in [1.165, 1.54) is 19.3 Å². The Morgan fingerprint density at radius 3 is 1.85 bits per heavy atom. The summed E-state index contributed by atoms with van der Waals surface area (Å²) in [5, 5.41) is 2.64. The highest BCUT2D eigenvalue weighted by Crippen LogP contribution is 2.02. The highest BCUT2D eigenvalue weighted by atomic mass is 16.6. The Kier molecular flexibility index (Phi) is 13.1. The Labute approximate surface area is 158 Å². The Morgan fingerprint density at radius 1 is 0.852 bits per heavy atom. The van der Waals surface area contributed by atoms with Crippen LogP contribution in [0.3, 0.4) is 0 Å². The van der Waals surface area contributed by atoms with Gasteiger partial charge in [0.25, 0.3) is 11.8 Å². The van der Waals surface area contributed by atoms with Gasteiger partial charge in [-0.05, 0) is 0 Å². The van der Waals surface area contributed by atoms with E-state index in [2.05, 4.69) is 10.1 Å². The van der Waals surface area contributed by atoms with Gasteiger partial charge in [0.1, 0.15) is 6.61 Å². The molecule has 0 aromatic rings. The van der Waals surface area contributed by atoms with Crippen molar-refractivity contribution in [2.45, 2.75) is 0 Å². The molecule has 3 amide bonds. The maximum absolute atomic E-state index is 11.3. The van der Waals surface area contributed by atoms with Gasteiger partial charge in [0.2, 0.25) is 5.91 Å². The van der Waals surface area contributed by atoms with Crippen molar-refractivity contribution < 1.29 is 38.1 Å². The van der Waals surface area contributed by atoms with Gasteiger partial charge in [-0.25, -0.2) is 0 Å². The molecule has 0 saturated heterocycles. The SMILES string of the molecule is COCC(=O)NCCOCCOCCOCCOCCN1C(=O)C=CC1=O. The number of hydrogen-bond acceptors (Lipinski definition) is 8. The minimum Gasteiger partial charge on any atom is -0.377 e. The van der Waals surface area contributed by atoms with E-state index in [4.69, 9.17) is 18.9 Å². The number of hydrogen-bond donors (Lipinski definition) is 1. The van der Waals surface area contributed by atoms with Gasteiger partial charge in [-0.15, -0.1) is 0 Å². The van der Waals surface area contributed by atoms with Crippen LogP contribution in [0.25, 0.3) is 0 Å². The van der Waals surface area contributed by atoms with Gasteiger partial charge in [0.05, 0.1) is 59.4 Å². The molecule has 0 aromatic carbocycles. The Balaban J connectivity index is 1.75. The van der Waals surface area contributed by atoms with Crippen molar-refractivity contribution in [3.05, 3.63) is 12.2 Å². The van der Waals surface area contributed by atoms with Gasteiger partial charge in [0, 0.05) is 25.8 Å². The highest BCUT2D eigenvalue weighted by Gasteiger charge is 2.22. The lowest BCUT2D eigenvalue weighted by molar-refractivity contribution is -0.137. The largest absolute Gasteiger partial charge is 0.377 e. The molecule has 0 unspecified atom stereocenters. The van der Waals surface area contributed by atoms with Crippen LogP contribution in [0.5, 0.6) is 0 Å². The highest BCUT2D eigenvalue weighted by molar-refractivity contribution is 6.12. The maximum Gasteiger partial charge on any atom is 0.253 e. The average Bonchev–Trinajstić information content (AvgIpc) is 2.97. The van der Waals surface area contributed by atoms with Gasteiger partial charge in [-0.3, -0.25) is 19.3 Å². The summed E-state index contributed by atoms with van der Waals surface area (Å²) in [6, 6.07) is 0. The number of carbonyl (C=O) groups is 3. The molecular weight excluding hydrogens is 360 g/mol. The van der Waals surface area contributed by atoms with Crippen LogP contribution in [0.4, 0.5) is 0 Å². The van der Waals surface area contributed by atoms with Gasteiger partial charge in [-0.1, -0.05) is 0 Å². The lowest BCUT2D eigenvalue weighted by Crippen LogP contribution is -2.33. The first-order valence-electron chi connectivity index (χ1n) is 8.75. The standard InChI is InChI=1S/C17H28N2O8/c1-23-14-15(20)18-4-6-24-8-10-26-12-13-27-11-9-25-7-5-19-16(21)2-3-17(19)22/h2-3H,4-14H2,1H3,(H,18,20). The molecule has 1 N–H and O–H groups in total. The molecule has 1 aliphatic rings. The molecule has 10 heteroatoms. The van der Waals surface area contributed by atoms with Crippen molar-refractivity contribution >= 4 is 17.7 Å². The normalized spacial score (nSPS) is 13.6. The van der Waals surface area contributed by atoms with Gasteiger partial charge < -0.3 is 29.0 Å². The zero-order valence-electron chi connectivity index (χ0n) is 15.6. The van der Waals surface area contributed by atoms with Gasteiger partial charge in [0.15, 0.2) is 0 Å². The lowest BCUT2D eigenvalue weighted by atomic mass is 10.5. The summed E-state index contributed by atoms with van der Waals surface area (Å²) in [6.45, 7) is 3.95. The molecular formula is C17H28N2O8. The third-order valence-corrected chi connectivity index (χ3v) is 3.32. The van der Waals surface area contributed by atoms with Crippen LogP contribution < -0.4 is 5.32 Å². The molecule has 27 heavy (non-hydrogen) atoms. The summed E-state index contributed by atoms with van der Waals surface area (Å²) >= 11 is 0. The first kappa shape index (κ1) is 23.2. The number of rotatable bonds is 17. The van der Waals surface area contributed by atoms with Crippen molar-refractivity contribution in [2.75, 3.05) is 79.7 Å². The predicted molar refractivity (Wildman–Crippen MR) is 94.0 cm³/mol. The fourth-order valence-electron chi connectivity index (χ4n) is 2.01. The van der Waals surface area contributed by atoms with Crippen LogP contribution in [0.15, 0.2) is 12.2 Å². The van der Waals surface area contributed by atoms with Gasteiger partial charge in [-0.2, -0.15) is 0 Å². The van der Waals surface area contributed by atoms with E-state index in [0.717, 1.165) is 4.90 Å². The molecule has 0 bridgehead atoms. The Bertz CT molecular complexity index is 466. The zero-order chi connectivity index (χ0) is 19.7. The fraction of sp³-hybridized carbons (Fsp3) is 0.706. The molecule has 0 fully saturated rings. The second kappa shape index (κ2) is 15.2. The molecule has 0 spiro atoms. The molecule has 1 heterocycles. The topological polar surface area (TPSA) is 113 Å². The van der Waals surface area contributed by atoms with Crippen LogP contribution >= 0.6 is 0 Å². The van der Waals surface area contributed by atoms with Crippen molar-refractivity contribution in [3.8, 4) is 0 Å². The maximum atomic E-state index is 11.3. The number of imide groups is 1. The van der Waals surface area contributed by atoms with Crippen molar-refractivity contribution in [1.29, 1.82) is 0 Å². The number of amides is 3.